The van der Waals surface area contributed by atoms with E-state index in [2.05, 4.69) is 5.32 Å². The zero-order valence-electron chi connectivity index (χ0n) is 12.6. The van der Waals surface area contributed by atoms with Crippen molar-refractivity contribution in [1.82, 2.24) is 0 Å². The number of ether oxygens (including phenoxy) is 1. The van der Waals surface area contributed by atoms with Gasteiger partial charge in [0.25, 0.3) is 0 Å². The molecule has 5 heteroatoms. The molecule has 0 radical (unpaired) electrons. The maximum absolute atomic E-state index is 13.9. The highest BCUT2D eigenvalue weighted by atomic mass is 19.1. The van der Waals surface area contributed by atoms with Crippen molar-refractivity contribution in [3.63, 3.8) is 0 Å². The van der Waals surface area contributed by atoms with E-state index in [1.807, 2.05) is 13.8 Å². The minimum absolute atomic E-state index is 0.0197. The molecule has 1 saturated carbocycles. The molecule has 1 amide bonds. The van der Waals surface area contributed by atoms with E-state index in [4.69, 9.17) is 10.5 Å². The Morgan fingerprint density at radius 1 is 1.48 bits per heavy atom. The van der Waals surface area contributed by atoms with Crippen LogP contribution in [0.1, 0.15) is 39.5 Å². The quantitative estimate of drug-likeness (QED) is 0.877. The highest BCUT2D eigenvalue weighted by molar-refractivity contribution is 5.91. The standard InChI is InChI=1S/C16H23FN2O2/c1-10(2)21-12-6-7-15(13(17)9-12)19-16(20)8-11-4-3-5-14(11)18/h6-7,9-11,14H,3-5,8,18H2,1-2H3,(H,19,20)/t11-,14+/m0/s1. The molecule has 1 aliphatic carbocycles. The van der Waals surface area contributed by atoms with Gasteiger partial charge in [-0.1, -0.05) is 6.42 Å². The first-order valence-corrected chi connectivity index (χ1v) is 7.47. The molecule has 21 heavy (non-hydrogen) atoms. The van der Waals surface area contributed by atoms with Gasteiger partial charge in [0.15, 0.2) is 0 Å². The lowest BCUT2D eigenvalue weighted by molar-refractivity contribution is -0.117. The van der Waals surface area contributed by atoms with Gasteiger partial charge in [-0.15, -0.1) is 0 Å². The summed E-state index contributed by atoms with van der Waals surface area (Å²) in [6, 6.07) is 4.55. The topological polar surface area (TPSA) is 64.3 Å². The molecule has 2 atom stereocenters. The van der Waals surface area contributed by atoms with Crippen molar-refractivity contribution in [2.45, 2.75) is 51.7 Å². The van der Waals surface area contributed by atoms with E-state index in [1.165, 1.54) is 12.1 Å². The molecule has 1 aliphatic rings. The van der Waals surface area contributed by atoms with E-state index >= 15 is 0 Å². The average molecular weight is 294 g/mol. The van der Waals surface area contributed by atoms with Crippen LogP contribution in [0.5, 0.6) is 5.75 Å². The van der Waals surface area contributed by atoms with Crippen LogP contribution < -0.4 is 15.8 Å². The minimum Gasteiger partial charge on any atom is -0.491 e. The molecule has 0 heterocycles. The van der Waals surface area contributed by atoms with Gasteiger partial charge in [0.05, 0.1) is 11.8 Å². The summed E-state index contributed by atoms with van der Waals surface area (Å²) in [5, 5.41) is 2.61. The first kappa shape index (κ1) is 15.8. The number of anilines is 1. The highest BCUT2D eigenvalue weighted by Crippen LogP contribution is 2.28. The van der Waals surface area contributed by atoms with Crippen LogP contribution in [0.4, 0.5) is 10.1 Å². The molecule has 4 nitrogen and oxygen atoms in total. The Balaban J connectivity index is 1.94. The molecule has 0 unspecified atom stereocenters. The van der Waals surface area contributed by atoms with Gasteiger partial charge in [-0.25, -0.2) is 4.39 Å². The average Bonchev–Trinajstić information content (AvgIpc) is 2.78. The molecule has 0 aromatic heterocycles. The van der Waals surface area contributed by atoms with Crippen LogP contribution in [0.3, 0.4) is 0 Å². The maximum Gasteiger partial charge on any atom is 0.224 e. The lowest BCUT2D eigenvalue weighted by atomic mass is 10.00. The van der Waals surface area contributed by atoms with Crippen LogP contribution >= 0.6 is 0 Å². The summed E-state index contributed by atoms with van der Waals surface area (Å²) in [4.78, 5) is 12.0. The lowest BCUT2D eigenvalue weighted by Crippen LogP contribution is -2.28. The number of carbonyl (C=O) groups excluding carboxylic acids is 1. The van der Waals surface area contributed by atoms with E-state index in [0.717, 1.165) is 19.3 Å². The van der Waals surface area contributed by atoms with Gasteiger partial charge < -0.3 is 15.8 Å². The van der Waals surface area contributed by atoms with Crippen molar-refractivity contribution in [3.05, 3.63) is 24.0 Å². The van der Waals surface area contributed by atoms with Crippen LogP contribution in [-0.4, -0.2) is 18.1 Å². The Hall–Kier alpha value is -1.62. The van der Waals surface area contributed by atoms with E-state index in [0.29, 0.717) is 12.2 Å². The monoisotopic (exact) mass is 294 g/mol. The number of rotatable bonds is 5. The molecule has 0 spiro atoms. The smallest absolute Gasteiger partial charge is 0.224 e. The molecule has 3 N–H and O–H groups in total. The van der Waals surface area contributed by atoms with Gasteiger partial charge in [0, 0.05) is 18.5 Å². The summed E-state index contributed by atoms with van der Waals surface area (Å²) in [6.07, 6.45) is 3.33. The van der Waals surface area contributed by atoms with Gasteiger partial charge in [0.1, 0.15) is 11.6 Å². The number of amides is 1. The van der Waals surface area contributed by atoms with Crippen LogP contribution in [0.15, 0.2) is 18.2 Å². The molecule has 1 fully saturated rings. The SMILES string of the molecule is CC(C)Oc1ccc(NC(=O)C[C@@H]2CCC[C@H]2N)c(F)c1. The molecule has 0 saturated heterocycles. The second kappa shape index (κ2) is 6.89. The molecular weight excluding hydrogens is 271 g/mol. The number of nitrogens with one attached hydrogen (secondary N) is 1. The zero-order chi connectivity index (χ0) is 15.4. The van der Waals surface area contributed by atoms with E-state index < -0.39 is 5.82 Å². The number of hydrogen-bond acceptors (Lipinski definition) is 3. The van der Waals surface area contributed by atoms with Crippen molar-refractivity contribution in [2.24, 2.45) is 11.7 Å². The van der Waals surface area contributed by atoms with Crippen molar-refractivity contribution >= 4 is 11.6 Å². The van der Waals surface area contributed by atoms with Crippen molar-refractivity contribution < 1.29 is 13.9 Å². The van der Waals surface area contributed by atoms with Crippen LogP contribution in [0, 0.1) is 11.7 Å². The zero-order valence-corrected chi connectivity index (χ0v) is 12.6. The predicted octanol–water partition coefficient (Wildman–Crippen LogP) is 3.07. The third-order valence-corrected chi connectivity index (χ3v) is 3.75. The van der Waals surface area contributed by atoms with Crippen LogP contribution in [0.25, 0.3) is 0 Å². The van der Waals surface area contributed by atoms with Gasteiger partial charge >= 0.3 is 0 Å². The largest absolute Gasteiger partial charge is 0.491 e. The molecule has 2 rings (SSSR count). The normalized spacial score (nSPS) is 21.6. The minimum atomic E-state index is -0.489. The number of halogens is 1. The summed E-state index contributed by atoms with van der Waals surface area (Å²) in [5.74, 6) is -0.0130. The molecule has 116 valence electrons. The Morgan fingerprint density at radius 3 is 2.81 bits per heavy atom. The van der Waals surface area contributed by atoms with Gasteiger partial charge in [-0.05, 0) is 44.7 Å². The second-order valence-electron chi connectivity index (χ2n) is 5.92. The van der Waals surface area contributed by atoms with Crippen molar-refractivity contribution in [1.29, 1.82) is 0 Å². The molecule has 1 aromatic carbocycles. The summed E-state index contributed by atoms with van der Waals surface area (Å²) in [5.41, 5.74) is 6.13. The third-order valence-electron chi connectivity index (χ3n) is 3.75. The Kier molecular flexibility index (Phi) is 5.17. The summed E-state index contributed by atoms with van der Waals surface area (Å²) >= 11 is 0. The fraction of sp³-hybridized carbons (Fsp3) is 0.562. The Bertz CT molecular complexity index is 505. The maximum atomic E-state index is 13.9. The molecular formula is C16H23FN2O2. The number of hydrogen-bond donors (Lipinski definition) is 2. The van der Waals surface area contributed by atoms with E-state index in [-0.39, 0.29) is 29.7 Å². The summed E-state index contributed by atoms with van der Waals surface area (Å²) in [6.45, 7) is 3.75. The second-order valence-corrected chi connectivity index (χ2v) is 5.92. The number of nitrogens with two attached hydrogens (primary N) is 1. The Labute approximate surface area is 124 Å². The first-order valence-electron chi connectivity index (χ1n) is 7.47. The van der Waals surface area contributed by atoms with Gasteiger partial charge in [0.2, 0.25) is 5.91 Å². The molecule has 0 aliphatic heterocycles. The van der Waals surface area contributed by atoms with Gasteiger partial charge in [-0.2, -0.15) is 0 Å². The highest BCUT2D eigenvalue weighted by Gasteiger charge is 2.26. The summed E-state index contributed by atoms with van der Waals surface area (Å²) < 4.78 is 19.3. The van der Waals surface area contributed by atoms with Crippen LogP contribution in [0.2, 0.25) is 0 Å². The van der Waals surface area contributed by atoms with Crippen molar-refractivity contribution in [2.75, 3.05) is 5.32 Å². The fourth-order valence-electron chi connectivity index (χ4n) is 2.70. The number of carbonyl (C=O) groups is 1. The van der Waals surface area contributed by atoms with E-state index in [1.54, 1.807) is 6.07 Å². The first-order chi connectivity index (χ1) is 9.95. The Morgan fingerprint density at radius 2 is 2.24 bits per heavy atom. The molecule has 1 aromatic rings. The van der Waals surface area contributed by atoms with Gasteiger partial charge in [-0.3, -0.25) is 4.79 Å². The predicted molar refractivity (Wildman–Crippen MR) is 80.7 cm³/mol. The number of benzene rings is 1. The third kappa shape index (κ3) is 4.43. The summed E-state index contributed by atoms with van der Waals surface area (Å²) in [7, 11) is 0. The van der Waals surface area contributed by atoms with E-state index in [9.17, 15) is 9.18 Å². The molecule has 0 bridgehead atoms. The van der Waals surface area contributed by atoms with Crippen LogP contribution in [-0.2, 0) is 4.79 Å². The van der Waals surface area contributed by atoms with Crippen molar-refractivity contribution in [3.8, 4) is 5.75 Å². The fourth-order valence-corrected chi connectivity index (χ4v) is 2.70. The lowest BCUT2D eigenvalue weighted by Gasteiger charge is -2.15.